The number of carbonyl (C=O) groups excluding carboxylic acids is 2. The van der Waals surface area contributed by atoms with E-state index in [1.165, 1.54) is 123 Å². The summed E-state index contributed by atoms with van der Waals surface area (Å²) in [6.07, 6.45) is 28.3. The van der Waals surface area contributed by atoms with Gasteiger partial charge in [-0.2, -0.15) is 0 Å². The number of benzene rings is 1. The summed E-state index contributed by atoms with van der Waals surface area (Å²) in [5.74, 6) is 2.73. The molecule has 0 saturated heterocycles. The Morgan fingerprint density at radius 1 is 0.514 bits per heavy atom. The van der Waals surface area contributed by atoms with Crippen molar-refractivity contribution in [2.45, 2.75) is 221 Å². The average molecular weight is 1020 g/mol. The summed E-state index contributed by atoms with van der Waals surface area (Å²) >= 11 is 3.47. The molecular formula is C62H90N4O4S2. The number of unbranched alkanes of at least 4 members (excludes halogenated alkanes) is 16. The lowest BCUT2D eigenvalue weighted by atomic mass is 9.93. The fraction of sp³-hybridized carbons (Fsp3) is 0.613. The molecule has 4 N–H and O–H groups in total. The third kappa shape index (κ3) is 13.7. The van der Waals surface area contributed by atoms with Crippen LogP contribution >= 0.6 is 22.7 Å². The van der Waals surface area contributed by atoms with Gasteiger partial charge in [-0.1, -0.05) is 162 Å². The smallest absolute Gasteiger partial charge is 0.261 e. The van der Waals surface area contributed by atoms with Crippen LogP contribution in [0, 0.1) is 11.8 Å². The molecular weight excluding hydrogens is 929 g/mol. The molecule has 0 bridgehead atoms. The molecule has 2 aliphatic rings. The summed E-state index contributed by atoms with van der Waals surface area (Å²) in [7, 11) is 0. The molecule has 72 heavy (non-hydrogen) atoms. The molecule has 1 aromatic carbocycles. The number of hydrogen-bond acceptors (Lipinski definition) is 8. The van der Waals surface area contributed by atoms with Crippen LogP contribution in [0.25, 0.3) is 42.2 Å². The summed E-state index contributed by atoms with van der Waals surface area (Å²) in [5.41, 5.74) is 14.1. The molecule has 7 rings (SSSR count). The molecule has 0 aliphatic carbocycles. The second kappa shape index (κ2) is 26.0. The molecule has 6 heterocycles. The predicted molar refractivity (Wildman–Crippen MR) is 306 cm³/mol. The fourth-order valence-electron chi connectivity index (χ4n) is 11.0. The van der Waals surface area contributed by atoms with Crippen LogP contribution in [-0.2, 0) is 20.7 Å². The van der Waals surface area contributed by atoms with E-state index in [1.54, 1.807) is 22.7 Å². The van der Waals surface area contributed by atoms with Crippen molar-refractivity contribution in [2.75, 3.05) is 13.1 Å². The van der Waals surface area contributed by atoms with Gasteiger partial charge in [0.05, 0.1) is 21.6 Å². The lowest BCUT2D eigenvalue weighted by Gasteiger charge is -2.29. The van der Waals surface area contributed by atoms with E-state index in [4.69, 9.17) is 20.3 Å². The van der Waals surface area contributed by atoms with Gasteiger partial charge in [-0.3, -0.25) is 9.59 Å². The number of carbonyl (C=O) groups is 2. The standard InChI is InChI=1S/C62H90N4O4S2/c1-9-13-17-21-23-27-31-43(29-25-19-15-11-3)41-65-56(48-35-34-47(69-48)51-40-46-50(71-51)37-33-45-39-53(62(7,8)64)72-58(45)46)54-55(60(65)68)57(49-36-38-52(70-49)61(5,6)63)66(59(54)67)42-44(30-26-20-16-12-4)32-28-24-22-18-14-10-2/h33-40,43-44H,9-32,41-42,63-64H2,1-8H3. The Kier molecular flexibility index (Phi) is 20.1. The second-order valence-electron chi connectivity index (χ2n) is 22.7. The van der Waals surface area contributed by atoms with Crippen molar-refractivity contribution in [1.82, 2.24) is 9.80 Å². The largest absolute Gasteiger partial charge is 0.458 e. The molecule has 2 aliphatic heterocycles. The molecule has 2 unspecified atom stereocenters. The van der Waals surface area contributed by atoms with Gasteiger partial charge < -0.3 is 30.1 Å². The highest BCUT2D eigenvalue weighted by molar-refractivity contribution is 7.24. The number of nitrogens with zero attached hydrogens (tertiary/aromatic N) is 2. The van der Waals surface area contributed by atoms with Gasteiger partial charge in [0.15, 0.2) is 11.5 Å². The van der Waals surface area contributed by atoms with E-state index in [0.29, 0.717) is 52.9 Å². The van der Waals surface area contributed by atoms with Crippen molar-refractivity contribution in [3.63, 3.8) is 0 Å². The van der Waals surface area contributed by atoms with E-state index < -0.39 is 11.1 Å². The lowest BCUT2D eigenvalue weighted by molar-refractivity contribution is -0.124. The zero-order chi connectivity index (χ0) is 51.4. The minimum atomic E-state index is -0.747. The minimum absolute atomic E-state index is 0.133. The van der Waals surface area contributed by atoms with Crippen LogP contribution in [0.5, 0.6) is 0 Å². The van der Waals surface area contributed by atoms with Gasteiger partial charge >= 0.3 is 0 Å². The summed E-state index contributed by atoms with van der Waals surface area (Å²) in [6, 6.07) is 16.7. The van der Waals surface area contributed by atoms with Crippen LogP contribution in [-0.4, -0.2) is 34.7 Å². The van der Waals surface area contributed by atoms with Crippen LogP contribution in [0.4, 0.5) is 0 Å². The Hall–Kier alpha value is -3.96. The van der Waals surface area contributed by atoms with Crippen molar-refractivity contribution >= 4 is 66.1 Å². The van der Waals surface area contributed by atoms with Crippen molar-refractivity contribution in [3.05, 3.63) is 81.8 Å². The van der Waals surface area contributed by atoms with Gasteiger partial charge in [0, 0.05) is 38.3 Å². The highest BCUT2D eigenvalue weighted by Crippen LogP contribution is 2.50. The zero-order valence-electron chi connectivity index (χ0n) is 45.7. The highest BCUT2D eigenvalue weighted by Gasteiger charge is 2.51. The first-order valence-electron chi connectivity index (χ1n) is 28.6. The van der Waals surface area contributed by atoms with E-state index in [0.717, 1.165) is 66.9 Å². The number of hydrogen-bond donors (Lipinski definition) is 2. The Morgan fingerprint density at radius 3 is 1.43 bits per heavy atom. The first kappa shape index (κ1) is 55.8. The van der Waals surface area contributed by atoms with Crippen molar-refractivity contribution < 1.29 is 18.4 Å². The Bertz CT molecular complexity index is 2610. The number of thiophene rings is 2. The molecule has 8 nitrogen and oxygen atoms in total. The number of furan rings is 2. The molecule has 0 fully saturated rings. The SMILES string of the molecule is CCCCCCCCC(CCCCCC)CN1C(=O)C2=C(c3ccc(C(C)(C)N)o3)N(CC(CCCCCC)CCCCCCCC)C(=O)C2=C1c1ccc(-c2cc3c(ccc4cc(C(C)(C)N)sc43)s2)o1. The molecule has 394 valence electrons. The second-order valence-corrected chi connectivity index (χ2v) is 24.8. The van der Waals surface area contributed by atoms with Gasteiger partial charge in [-0.05, 0) is 113 Å². The summed E-state index contributed by atoms with van der Waals surface area (Å²) in [4.78, 5) is 37.5. The third-order valence-corrected chi connectivity index (χ3v) is 17.9. The van der Waals surface area contributed by atoms with Gasteiger partial charge in [-0.15, -0.1) is 22.7 Å². The Morgan fingerprint density at radius 2 is 0.958 bits per heavy atom. The van der Waals surface area contributed by atoms with Gasteiger partial charge in [-0.25, -0.2) is 0 Å². The van der Waals surface area contributed by atoms with Crippen molar-refractivity contribution in [3.8, 4) is 10.6 Å². The lowest BCUT2D eigenvalue weighted by Crippen LogP contribution is -2.35. The minimum Gasteiger partial charge on any atom is -0.458 e. The van der Waals surface area contributed by atoms with Crippen LogP contribution in [0.3, 0.4) is 0 Å². The van der Waals surface area contributed by atoms with Crippen molar-refractivity contribution in [1.29, 1.82) is 0 Å². The number of fused-ring (bicyclic) bond motifs is 4. The highest BCUT2D eigenvalue weighted by atomic mass is 32.1. The topological polar surface area (TPSA) is 119 Å². The molecule has 10 heteroatoms. The normalized spacial score (nSPS) is 15.5. The number of amides is 2. The maximum Gasteiger partial charge on any atom is 0.261 e. The zero-order valence-corrected chi connectivity index (χ0v) is 47.3. The molecule has 0 radical (unpaired) electrons. The van der Waals surface area contributed by atoms with Crippen LogP contribution in [0.1, 0.15) is 232 Å². The average Bonchev–Trinajstić information content (AvgIpc) is 4.21. The summed E-state index contributed by atoms with van der Waals surface area (Å²) in [6.45, 7) is 18.1. The molecule has 2 atom stereocenters. The summed E-state index contributed by atoms with van der Waals surface area (Å²) < 4.78 is 16.1. The van der Waals surface area contributed by atoms with Gasteiger partial charge in [0.2, 0.25) is 0 Å². The van der Waals surface area contributed by atoms with Crippen LogP contribution in [0.15, 0.2) is 68.5 Å². The molecule has 4 aromatic heterocycles. The van der Waals surface area contributed by atoms with Crippen LogP contribution in [0.2, 0.25) is 0 Å². The monoisotopic (exact) mass is 1020 g/mol. The first-order valence-corrected chi connectivity index (χ1v) is 30.2. The van der Waals surface area contributed by atoms with Crippen LogP contribution < -0.4 is 11.5 Å². The third-order valence-electron chi connectivity index (χ3n) is 15.3. The van der Waals surface area contributed by atoms with Gasteiger partial charge in [0.1, 0.15) is 22.9 Å². The molecule has 0 saturated carbocycles. The fourth-order valence-corrected chi connectivity index (χ4v) is 13.3. The summed E-state index contributed by atoms with van der Waals surface area (Å²) in [5, 5.41) is 2.38. The molecule has 5 aromatic rings. The number of nitrogens with two attached hydrogens (primary N) is 2. The Labute approximate surface area is 441 Å². The molecule has 2 amide bonds. The van der Waals surface area contributed by atoms with Crippen molar-refractivity contribution in [2.24, 2.45) is 23.3 Å². The predicted octanol–water partition coefficient (Wildman–Crippen LogP) is 17.8. The maximum absolute atomic E-state index is 15.8. The Balaban J connectivity index is 1.32. The van der Waals surface area contributed by atoms with E-state index >= 15 is 9.59 Å². The van der Waals surface area contributed by atoms with Gasteiger partial charge in [0.25, 0.3) is 11.8 Å². The number of rotatable bonds is 33. The van der Waals surface area contributed by atoms with E-state index in [-0.39, 0.29) is 23.7 Å². The van der Waals surface area contributed by atoms with E-state index in [9.17, 15) is 0 Å². The quantitative estimate of drug-likeness (QED) is 0.0404. The first-order chi connectivity index (χ1) is 34.7. The van der Waals surface area contributed by atoms with E-state index in [1.807, 2.05) is 47.9 Å². The molecule has 0 spiro atoms. The van der Waals surface area contributed by atoms with E-state index in [2.05, 4.69) is 65.8 Å². The maximum atomic E-state index is 15.8.